The van der Waals surface area contributed by atoms with Crippen LogP contribution in [-0.2, 0) is 30.3 Å². The van der Waals surface area contributed by atoms with Crippen molar-refractivity contribution in [3.63, 3.8) is 0 Å². The smallest absolute Gasteiger partial charge is 0.161 e. The molecule has 0 N–H and O–H groups in total. The van der Waals surface area contributed by atoms with Crippen LogP contribution in [0.3, 0.4) is 0 Å². The number of hydrogen-bond acceptors (Lipinski definition) is 5. The quantitative estimate of drug-likeness (QED) is 0.557. The molecule has 0 bridgehead atoms. The fraction of sp³-hybridized carbons (Fsp3) is 0.769. The summed E-state index contributed by atoms with van der Waals surface area (Å²) in [5.74, 6) is 1.88. The predicted octanol–water partition coefficient (Wildman–Crippen LogP) is 5.28. The Bertz CT molecular complexity index is 650. The van der Waals surface area contributed by atoms with Crippen molar-refractivity contribution in [1.29, 1.82) is 0 Å². The number of benzene rings is 1. The minimum absolute atomic E-state index is 0.109. The fourth-order valence-corrected chi connectivity index (χ4v) is 5.01. The van der Waals surface area contributed by atoms with Gasteiger partial charge in [0.15, 0.2) is 12.6 Å². The van der Waals surface area contributed by atoms with Crippen LogP contribution >= 0.6 is 0 Å². The Hall–Kier alpha value is -0.980. The molecule has 2 saturated heterocycles. The first-order valence-electron chi connectivity index (χ1n) is 12.0. The lowest BCUT2D eigenvalue weighted by molar-refractivity contribution is -0.325. The summed E-state index contributed by atoms with van der Waals surface area (Å²) in [7, 11) is 1.71. The minimum Gasteiger partial charge on any atom is -0.374 e. The molecule has 2 aliphatic heterocycles. The summed E-state index contributed by atoms with van der Waals surface area (Å²) in [6.45, 7) is 14.5. The van der Waals surface area contributed by atoms with Crippen LogP contribution in [0.15, 0.2) is 30.3 Å². The van der Waals surface area contributed by atoms with Crippen molar-refractivity contribution in [1.82, 2.24) is 0 Å². The second kappa shape index (κ2) is 11.2. The third-order valence-corrected chi connectivity index (χ3v) is 7.76. The van der Waals surface area contributed by atoms with Gasteiger partial charge in [0.05, 0.1) is 25.4 Å². The van der Waals surface area contributed by atoms with Gasteiger partial charge in [-0.05, 0) is 29.7 Å². The molecule has 3 rings (SSSR count). The van der Waals surface area contributed by atoms with E-state index in [0.29, 0.717) is 31.0 Å². The van der Waals surface area contributed by atoms with E-state index in [1.807, 2.05) is 18.2 Å². The van der Waals surface area contributed by atoms with Crippen molar-refractivity contribution in [2.75, 3.05) is 13.7 Å². The van der Waals surface area contributed by atoms with Gasteiger partial charge in [0, 0.05) is 18.9 Å². The summed E-state index contributed by atoms with van der Waals surface area (Å²) in [5, 5.41) is 0. The Labute approximate surface area is 188 Å². The van der Waals surface area contributed by atoms with E-state index in [1.54, 1.807) is 7.11 Å². The lowest BCUT2D eigenvalue weighted by atomic mass is 9.78. The van der Waals surface area contributed by atoms with Gasteiger partial charge in [0.2, 0.25) is 0 Å². The van der Waals surface area contributed by atoms with Crippen LogP contribution in [0.25, 0.3) is 0 Å². The maximum Gasteiger partial charge on any atom is 0.161 e. The first kappa shape index (κ1) is 24.7. The van der Waals surface area contributed by atoms with Crippen molar-refractivity contribution in [3.05, 3.63) is 35.9 Å². The minimum atomic E-state index is -0.257. The van der Waals surface area contributed by atoms with E-state index >= 15 is 0 Å². The Balaban J connectivity index is 1.70. The summed E-state index contributed by atoms with van der Waals surface area (Å²) < 4.78 is 31.2. The maximum absolute atomic E-state index is 6.70. The van der Waals surface area contributed by atoms with Gasteiger partial charge in [0.25, 0.3) is 0 Å². The monoisotopic (exact) mass is 434 g/mol. The molecule has 31 heavy (non-hydrogen) atoms. The summed E-state index contributed by atoms with van der Waals surface area (Å²) in [6.07, 6.45) is 0.434. The molecule has 5 nitrogen and oxygen atoms in total. The molecule has 5 heteroatoms. The number of hydrogen-bond donors (Lipinski definition) is 0. The highest BCUT2D eigenvalue weighted by molar-refractivity contribution is 5.13. The second-order valence-electron chi connectivity index (χ2n) is 9.63. The average molecular weight is 435 g/mol. The first-order valence-corrected chi connectivity index (χ1v) is 12.0. The van der Waals surface area contributed by atoms with Crippen molar-refractivity contribution in [2.24, 2.45) is 29.6 Å². The molecular weight excluding hydrogens is 392 g/mol. The predicted molar refractivity (Wildman–Crippen MR) is 121 cm³/mol. The molecule has 1 aromatic rings. The normalized spacial score (nSPS) is 41.3. The van der Waals surface area contributed by atoms with E-state index in [4.69, 9.17) is 23.7 Å². The molecule has 2 heterocycles. The zero-order chi connectivity index (χ0) is 22.5. The van der Waals surface area contributed by atoms with Crippen molar-refractivity contribution < 1.29 is 23.7 Å². The van der Waals surface area contributed by atoms with Crippen LogP contribution in [0.4, 0.5) is 0 Å². The Morgan fingerprint density at radius 3 is 2.06 bits per heavy atom. The molecule has 4 unspecified atom stereocenters. The highest BCUT2D eigenvalue weighted by atomic mass is 16.7. The molecule has 2 fully saturated rings. The Morgan fingerprint density at radius 1 is 0.774 bits per heavy atom. The van der Waals surface area contributed by atoms with Crippen LogP contribution in [0, 0.1) is 29.6 Å². The molecule has 176 valence electrons. The van der Waals surface area contributed by atoms with Gasteiger partial charge in [0.1, 0.15) is 6.10 Å². The van der Waals surface area contributed by atoms with E-state index in [0.717, 1.165) is 12.0 Å². The second-order valence-corrected chi connectivity index (χ2v) is 9.63. The van der Waals surface area contributed by atoms with Gasteiger partial charge in [-0.2, -0.15) is 0 Å². The molecule has 0 saturated carbocycles. The molecule has 0 amide bonds. The first-order chi connectivity index (χ1) is 14.9. The largest absolute Gasteiger partial charge is 0.374 e. The Morgan fingerprint density at radius 2 is 1.42 bits per heavy atom. The van der Waals surface area contributed by atoms with Crippen LogP contribution in [0.5, 0.6) is 0 Å². The number of rotatable bonds is 8. The van der Waals surface area contributed by atoms with Crippen molar-refractivity contribution in [2.45, 2.75) is 85.5 Å². The van der Waals surface area contributed by atoms with Gasteiger partial charge < -0.3 is 23.7 Å². The molecule has 10 atom stereocenters. The van der Waals surface area contributed by atoms with E-state index in [1.165, 1.54) is 0 Å². The van der Waals surface area contributed by atoms with Crippen LogP contribution < -0.4 is 0 Å². The average Bonchev–Trinajstić information content (AvgIpc) is 2.79. The summed E-state index contributed by atoms with van der Waals surface area (Å²) in [6, 6.07) is 10.2. The molecular formula is C26H42O5. The lowest BCUT2D eigenvalue weighted by Crippen LogP contribution is -2.56. The van der Waals surface area contributed by atoms with Crippen LogP contribution in [-0.4, -0.2) is 44.6 Å². The van der Waals surface area contributed by atoms with Crippen LogP contribution in [0.1, 0.15) is 53.5 Å². The van der Waals surface area contributed by atoms with E-state index in [9.17, 15) is 0 Å². The van der Waals surface area contributed by atoms with Gasteiger partial charge >= 0.3 is 0 Å². The van der Waals surface area contributed by atoms with E-state index in [2.05, 4.69) is 53.7 Å². The van der Waals surface area contributed by atoms with Gasteiger partial charge in [-0.1, -0.05) is 71.9 Å². The summed E-state index contributed by atoms with van der Waals surface area (Å²) in [4.78, 5) is 0. The molecule has 1 aromatic carbocycles. The summed E-state index contributed by atoms with van der Waals surface area (Å²) in [5.41, 5.74) is 1.15. The maximum atomic E-state index is 6.70. The zero-order valence-corrected chi connectivity index (χ0v) is 20.3. The molecule has 2 aliphatic rings. The number of methoxy groups -OCH3 is 1. The van der Waals surface area contributed by atoms with E-state index < -0.39 is 0 Å². The number of ether oxygens (including phenoxy) is 5. The molecule has 0 aromatic heterocycles. The highest BCUT2D eigenvalue weighted by Crippen LogP contribution is 2.40. The third-order valence-electron chi connectivity index (χ3n) is 7.76. The summed E-state index contributed by atoms with van der Waals surface area (Å²) >= 11 is 0. The fourth-order valence-electron chi connectivity index (χ4n) is 5.01. The van der Waals surface area contributed by atoms with Gasteiger partial charge in [-0.15, -0.1) is 0 Å². The molecule has 0 aliphatic carbocycles. The van der Waals surface area contributed by atoms with Crippen LogP contribution in [0.2, 0.25) is 0 Å². The zero-order valence-electron chi connectivity index (χ0n) is 20.3. The lowest BCUT2D eigenvalue weighted by Gasteiger charge is -2.48. The Kier molecular flexibility index (Phi) is 8.94. The SMILES string of the molecule is CCC1O[C@@H](O[C@H]2C(COCc3ccccc3)O[C@H](OC)C(C)[C@H]2C)C(C)[C@@H](C)[C@@H]1C. The topological polar surface area (TPSA) is 46.2 Å². The molecule has 0 spiro atoms. The molecule has 0 radical (unpaired) electrons. The highest BCUT2D eigenvalue weighted by Gasteiger charge is 2.46. The van der Waals surface area contributed by atoms with Gasteiger partial charge in [-0.3, -0.25) is 0 Å². The third kappa shape index (κ3) is 5.69. The van der Waals surface area contributed by atoms with E-state index in [-0.39, 0.29) is 42.7 Å². The van der Waals surface area contributed by atoms with Crippen molar-refractivity contribution in [3.8, 4) is 0 Å². The standard InChI is InChI=1S/C26H42O5/c1-8-22-17(3)16(2)19(5)26(29-22)31-24-18(4)20(6)25(27-7)30-23(24)15-28-14-21-12-10-9-11-13-21/h9-13,16-20,22-26H,8,14-15H2,1-7H3/t16-,17-,18+,19?,20?,22?,23?,24+,25-,26-/m0/s1. The van der Waals surface area contributed by atoms with Gasteiger partial charge in [-0.25, -0.2) is 0 Å². The van der Waals surface area contributed by atoms with Crippen molar-refractivity contribution >= 4 is 0 Å².